The third-order valence-corrected chi connectivity index (χ3v) is 2.60. The molecule has 0 radical (unpaired) electrons. The molecule has 5 nitrogen and oxygen atoms in total. The monoisotopic (exact) mass is 258 g/mol. The first-order valence-corrected chi connectivity index (χ1v) is 6.10. The van der Waals surface area contributed by atoms with Crippen LogP contribution in [0.2, 0.25) is 0 Å². The second-order valence-corrected chi connectivity index (χ2v) is 4.37. The summed E-state index contributed by atoms with van der Waals surface area (Å²) < 4.78 is 5.68. The summed E-state index contributed by atoms with van der Waals surface area (Å²) in [6.07, 6.45) is 3.34. The van der Waals surface area contributed by atoms with Crippen LogP contribution >= 0.6 is 0 Å². The minimum Gasteiger partial charge on any atom is -0.437 e. The third kappa shape index (κ3) is 3.66. The molecule has 0 saturated carbocycles. The molecule has 1 aromatic carbocycles. The Labute approximate surface area is 113 Å². The molecule has 2 aromatic rings. The van der Waals surface area contributed by atoms with Crippen LogP contribution in [0.3, 0.4) is 0 Å². The van der Waals surface area contributed by atoms with Gasteiger partial charge in [0.05, 0.1) is 18.1 Å². The quantitative estimate of drug-likeness (QED) is 0.889. The van der Waals surface area contributed by atoms with E-state index in [2.05, 4.69) is 15.3 Å². The predicted octanol–water partition coefficient (Wildman–Crippen LogP) is 2.05. The number of ether oxygens (including phenoxy) is 1. The molecule has 0 amide bonds. The molecule has 0 aliphatic heterocycles. The molecule has 1 N–H and O–H groups in total. The fourth-order valence-electron chi connectivity index (χ4n) is 1.61. The Bertz CT molecular complexity index is 525. The van der Waals surface area contributed by atoms with Gasteiger partial charge >= 0.3 is 0 Å². The fraction of sp³-hybridized carbons (Fsp3) is 0.286. The average Bonchev–Trinajstić information content (AvgIpc) is 2.42. The number of hydrogen-bond donors (Lipinski definition) is 1. The van der Waals surface area contributed by atoms with E-state index < -0.39 is 0 Å². The number of benzene rings is 1. The lowest BCUT2D eigenvalue weighted by atomic mass is 10.3. The van der Waals surface area contributed by atoms with Gasteiger partial charge in [0.15, 0.2) is 0 Å². The summed E-state index contributed by atoms with van der Waals surface area (Å²) >= 11 is 0. The largest absolute Gasteiger partial charge is 0.437 e. The van der Waals surface area contributed by atoms with Gasteiger partial charge in [0.2, 0.25) is 5.88 Å². The van der Waals surface area contributed by atoms with Crippen molar-refractivity contribution in [3.63, 3.8) is 0 Å². The summed E-state index contributed by atoms with van der Waals surface area (Å²) in [4.78, 5) is 10.5. The molecule has 0 spiro atoms. The van der Waals surface area contributed by atoms with Gasteiger partial charge in [-0.25, -0.2) is 4.98 Å². The van der Waals surface area contributed by atoms with E-state index in [1.165, 1.54) is 0 Å². The van der Waals surface area contributed by atoms with Gasteiger partial charge in [-0.2, -0.15) is 0 Å². The number of hydrogen-bond acceptors (Lipinski definition) is 5. The SMILES string of the molecule is CNCc1cnc(Oc2cccc(N(C)C)c2)cn1. The smallest absolute Gasteiger partial charge is 0.237 e. The zero-order valence-electron chi connectivity index (χ0n) is 11.4. The molecule has 2 rings (SSSR count). The highest BCUT2D eigenvalue weighted by Gasteiger charge is 2.02. The standard InChI is InChI=1S/C14H18N4O/c1-15-8-11-9-17-14(10-16-11)19-13-6-4-5-12(7-13)18(2)3/h4-7,9-10,15H,8H2,1-3H3. The van der Waals surface area contributed by atoms with E-state index in [-0.39, 0.29) is 0 Å². The molecule has 19 heavy (non-hydrogen) atoms. The van der Waals surface area contributed by atoms with E-state index in [0.29, 0.717) is 12.4 Å². The summed E-state index contributed by atoms with van der Waals surface area (Å²) in [6.45, 7) is 0.698. The van der Waals surface area contributed by atoms with Gasteiger partial charge in [0, 0.05) is 32.4 Å². The first-order chi connectivity index (χ1) is 9.19. The average molecular weight is 258 g/mol. The molecule has 1 heterocycles. The highest BCUT2D eigenvalue weighted by atomic mass is 16.5. The summed E-state index contributed by atoms with van der Waals surface area (Å²) in [5, 5.41) is 3.02. The zero-order chi connectivity index (χ0) is 13.7. The lowest BCUT2D eigenvalue weighted by molar-refractivity contribution is 0.459. The second-order valence-electron chi connectivity index (χ2n) is 4.37. The maximum Gasteiger partial charge on any atom is 0.237 e. The molecule has 100 valence electrons. The zero-order valence-corrected chi connectivity index (χ0v) is 11.4. The highest BCUT2D eigenvalue weighted by Crippen LogP contribution is 2.23. The van der Waals surface area contributed by atoms with Crippen LogP contribution in [-0.4, -0.2) is 31.1 Å². The number of aromatic nitrogens is 2. The van der Waals surface area contributed by atoms with E-state index in [4.69, 9.17) is 4.74 Å². The number of nitrogens with one attached hydrogen (secondary N) is 1. The van der Waals surface area contributed by atoms with Crippen LogP contribution in [0.4, 0.5) is 5.69 Å². The van der Waals surface area contributed by atoms with Gasteiger partial charge in [0.1, 0.15) is 5.75 Å². The molecular weight excluding hydrogens is 240 g/mol. The molecular formula is C14H18N4O. The van der Waals surface area contributed by atoms with Crippen molar-refractivity contribution in [2.75, 3.05) is 26.0 Å². The van der Waals surface area contributed by atoms with Crippen molar-refractivity contribution >= 4 is 5.69 Å². The minimum absolute atomic E-state index is 0.496. The first kappa shape index (κ1) is 13.3. The molecule has 1 aromatic heterocycles. The molecule has 0 aliphatic rings. The number of rotatable bonds is 5. The van der Waals surface area contributed by atoms with Crippen molar-refractivity contribution in [1.29, 1.82) is 0 Å². The van der Waals surface area contributed by atoms with Gasteiger partial charge in [0.25, 0.3) is 0 Å². The summed E-state index contributed by atoms with van der Waals surface area (Å²) in [5.41, 5.74) is 1.97. The van der Waals surface area contributed by atoms with E-state index in [1.807, 2.05) is 50.3 Å². The summed E-state index contributed by atoms with van der Waals surface area (Å²) in [7, 11) is 5.86. The molecule has 0 bridgehead atoms. The number of anilines is 1. The lowest BCUT2D eigenvalue weighted by Crippen LogP contribution is -2.08. The highest BCUT2D eigenvalue weighted by molar-refractivity contribution is 5.49. The van der Waals surface area contributed by atoms with E-state index in [9.17, 15) is 0 Å². The van der Waals surface area contributed by atoms with Gasteiger partial charge in [-0.05, 0) is 19.2 Å². The molecule has 0 saturated heterocycles. The van der Waals surface area contributed by atoms with Crippen LogP contribution in [0, 0.1) is 0 Å². The molecule has 5 heteroatoms. The second kappa shape index (κ2) is 6.15. The van der Waals surface area contributed by atoms with Gasteiger partial charge in [-0.1, -0.05) is 6.07 Å². The van der Waals surface area contributed by atoms with Crippen molar-refractivity contribution in [2.45, 2.75) is 6.54 Å². The van der Waals surface area contributed by atoms with Crippen LogP contribution in [0.5, 0.6) is 11.6 Å². The normalized spacial score (nSPS) is 10.3. The van der Waals surface area contributed by atoms with Crippen molar-refractivity contribution in [2.24, 2.45) is 0 Å². The first-order valence-electron chi connectivity index (χ1n) is 6.10. The van der Waals surface area contributed by atoms with Crippen LogP contribution < -0.4 is 15.0 Å². The maximum atomic E-state index is 5.68. The van der Waals surface area contributed by atoms with Crippen molar-refractivity contribution in [3.05, 3.63) is 42.4 Å². The maximum absolute atomic E-state index is 5.68. The molecule has 0 atom stereocenters. The molecule has 0 unspecified atom stereocenters. The van der Waals surface area contributed by atoms with Crippen molar-refractivity contribution < 1.29 is 4.74 Å². The minimum atomic E-state index is 0.496. The van der Waals surface area contributed by atoms with Gasteiger partial charge < -0.3 is 15.0 Å². The topological polar surface area (TPSA) is 50.3 Å². The third-order valence-electron chi connectivity index (χ3n) is 2.60. The Hall–Kier alpha value is -2.14. The Morgan fingerprint density at radius 1 is 1.21 bits per heavy atom. The van der Waals surface area contributed by atoms with Crippen LogP contribution in [-0.2, 0) is 6.54 Å². The Balaban J connectivity index is 2.10. The molecule has 0 aliphatic carbocycles. The number of nitrogens with zero attached hydrogens (tertiary/aromatic N) is 3. The van der Waals surface area contributed by atoms with Crippen molar-refractivity contribution in [1.82, 2.24) is 15.3 Å². The molecule has 0 fully saturated rings. The van der Waals surface area contributed by atoms with Crippen LogP contribution in [0.15, 0.2) is 36.7 Å². The van der Waals surface area contributed by atoms with Crippen molar-refractivity contribution in [3.8, 4) is 11.6 Å². The van der Waals surface area contributed by atoms with Gasteiger partial charge in [-0.15, -0.1) is 0 Å². The Morgan fingerprint density at radius 2 is 2.05 bits per heavy atom. The van der Waals surface area contributed by atoms with E-state index >= 15 is 0 Å². The van der Waals surface area contributed by atoms with E-state index in [1.54, 1.807) is 12.4 Å². The lowest BCUT2D eigenvalue weighted by Gasteiger charge is -2.13. The summed E-state index contributed by atoms with van der Waals surface area (Å²) in [5.74, 6) is 1.25. The Morgan fingerprint density at radius 3 is 2.68 bits per heavy atom. The predicted molar refractivity (Wildman–Crippen MR) is 75.6 cm³/mol. The van der Waals surface area contributed by atoms with Crippen LogP contribution in [0.25, 0.3) is 0 Å². The van der Waals surface area contributed by atoms with Crippen LogP contribution in [0.1, 0.15) is 5.69 Å². The summed E-state index contributed by atoms with van der Waals surface area (Å²) in [6, 6.07) is 7.83. The fourth-order valence-corrected chi connectivity index (χ4v) is 1.61. The Kier molecular flexibility index (Phi) is 4.30. The van der Waals surface area contributed by atoms with E-state index in [0.717, 1.165) is 17.1 Å². The van der Waals surface area contributed by atoms with Gasteiger partial charge in [-0.3, -0.25) is 4.98 Å².